The van der Waals surface area contributed by atoms with Crippen LogP contribution < -0.4 is 0 Å². The maximum atomic E-state index is 12.5. The van der Waals surface area contributed by atoms with Crippen LogP contribution in [-0.4, -0.2) is 12.0 Å². The highest BCUT2D eigenvalue weighted by molar-refractivity contribution is 5.96. The summed E-state index contributed by atoms with van der Waals surface area (Å²) >= 11 is 0. The predicted molar refractivity (Wildman–Crippen MR) is 51.2 cm³/mol. The van der Waals surface area contributed by atoms with E-state index in [0.29, 0.717) is 6.08 Å². The summed E-state index contributed by atoms with van der Waals surface area (Å²) in [6.07, 6.45) is -3.90. The molecule has 0 aliphatic heterocycles. The first kappa shape index (κ1) is 11.5. The Morgan fingerprint density at radius 1 is 1.20 bits per heavy atom. The fraction of sp³-hybridized carbons (Fsp3) is 0.182. The first-order chi connectivity index (χ1) is 6.91. The number of carbonyl (C=O) groups excluding carboxylic acids is 1. The number of halogens is 3. The average Bonchev–Trinajstić information content (AvgIpc) is 2.14. The molecular weight excluding hydrogens is 205 g/mol. The molecule has 1 aromatic carbocycles. The molecule has 0 heterocycles. The van der Waals surface area contributed by atoms with Crippen LogP contribution in [-0.2, 0) is 4.79 Å². The van der Waals surface area contributed by atoms with Gasteiger partial charge in [0.25, 0.3) is 0 Å². The molecule has 1 nitrogen and oxygen atoms in total. The van der Waals surface area contributed by atoms with Gasteiger partial charge >= 0.3 is 6.18 Å². The zero-order chi connectivity index (χ0) is 11.5. The number of ketones is 1. The van der Waals surface area contributed by atoms with Gasteiger partial charge < -0.3 is 0 Å². The van der Waals surface area contributed by atoms with Crippen LogP contribution in [0.25, 0.3) is 5.57 Å². The SMILES string of the molecule is CC(=O)/C=C(/c1ccccc1)C(F)(F)F. The Morgan fingerprint density at radius 3 is 2.13 bits per heavy atom. The molecule has 4 heteroatoms. The van der Waals surface area contributed by atoms with Crippen LogP contribution >= 0.6 is 0 Å². The maximum Gasteiger partial charge on any atom is 0.417 e. The minimum absolute atomic E-state index is 0.000185. The molecule has 0 aliphatic carbocycles. The normalized spacial score (nSPS) is 12.7. The largest absolute Gasteiger partial charge is 0.417 e. The molecule has 0 fully saturated rings. The first-order valence-electron chi connectivity index (χ1n) is 4.26. The molecule has 0 saturated carbocycles. The fourth-order valence-electron chi connectivity index (χ4n) is 1.15. The number of carbonyl (C=O) groups is 1. The van der Waals surface area contributed by atoms with Crippen molar-refractivity contribution >= 4 is 11.4 Å². The van der Waals surface area contributed by atoms with Crippen molar-refractivity contribution in [2.45, 2.75) is 13.1 Å². The van der Waals surface area contributed by atoms with Gasteiger partial charge in [0.2, 0.25) is 0 Å². The Hall–Kier alpha value is -1.58. The fourth-order valence-corrected chi connectivity index (χ4v) is 1.15. The van der Waals surface area contributed by atoms with Crippen LogP contribution in [0.3, 0.4) is 0 Å². The van der Waals surface area contributed by atoms with Gasteiger partial charge in [-0.1, -0.05) is 30.3 Å². The van der Waals surface area contributed by atoms with Crippen molar-refractivity contribution in [3.8, 4) is 0 Å². The van der Waals surface area contributed by atoms with Crippen molar-refractivity contribution in [2.24, 2.45) is 0 Å². The standard InChI is InChI=1S/C11H9F3O/c1-8(15)7-10(11(12,13)14)9-5-3-2-4-6-9/h2-7H,1H3/b10-7-. The number of alkyl halides is 3. The smallest absolute Gasteiger partial charge is 0.295 e. The molecule has 1 rings (SSSR count). The van der Waals surface area contributed by atoms with Gasteiger partial charge in [0.1, 0.15) is 0 Å². The van der Waals surface area contributed by atoms with Gasteiger partial charge in [-0.15, -0.1) is 0 Å². The summed E-state index contributed by atoms with van der Waals surface area (Å²) in [7, 11) is 0. The van der Waals surface area contributed by atoms with E-state index in [1.165, 1.54) is 24.3 Å². The van der Waals surface area contributed by atoms with E-state index in [0.717, 1.165) is 6.92 Å². The molecule has 0 radical (unpaired) electrons. The molecule has 0 spiro atoms. The molecule has 0 saturated heterocycles. The van der Waals surface area contributed by atoms with Crippen LogP contribution in [0.5, 0.6) is 0 Å². The van der Waals surface area contributed by atoms with Crippen LogP contribution in [0, 0.1) is 0 Å². The Balaban J connectivity index is 3.20. The summed E-state index contributed by atoms with van der Waals surface area (Å²) in [6.45, 7) is 1.09. The maximum absolute atomic E-state index is 12.5. The molecule has 80 valence electrons. The second-order valence-electron chi connectivity index (χ2n) is 3.03. The zero-order valence-electron chi connectivity index (χ0n) is 8.01. The summed E-state index contributed by atoms with van der Waals surface area (Å²) < 4.78 is 37.6. The Morgan fingerprint density at radius 2 is 1.73 bits per heavy atom. The number of hydrogen-bond acceptors (Lipinski definition) is 1. The highest BCUT2D eigenvalue weighted by Gasteiger charge is 2.34. The molecule has 0 unspecified atom stereocenters. The summed E-state index contributed by atoms with van der Waals surface area (Å²) in [5.74, 6) is -0.619. The topological polar surface area (TPSA) is 17.1 Å². The highest BCUT2D eigenvalue weighted by Crippen LogP contribution is 2.33. The van der Waals surface area contributed by atoms with E-state index >= 15 is 0 Å². The second kappa shape index (κ2) is 4.29. The van der Waals surface area contributed by atoms with E-state index in [1.54, 1.807) is 6.07 Å². The zero-order valence-corrected chi connectivity index (χ0v) is 8.01. The lowest BCUT2D eigenvalue weighted by atomic mass is 10.0. The summed E-state index contributed by atoms with van der Waals surface area (Å²) in [5.41, 5.74) is -0.907. The lowest BCUT2D eigenvalue weighted by Gasteiger charge is -2.11. The molecule has 1 aromatic rings. The molecule has 0 aliphatic rings. The van der Waals surface area contributed by atoms with Crippen molar-refractivity contribution < 1.29 is 18.0 Å². The van der Waals surface area contributed by atoms with Gasteiger partial charge in [0.15, 0.2) is 5.78 Å². The molecular formula is C11H9F3O. The van der Waals surface area contributed by atoms with Crippen molar-refractivity contribution in [1.82, 2.24) is 0 Å². The Labute approximate surface area is 85.2 Å². The lowest BCUT2D eigenvalue weighted by Crippen LogP contribution is -2.11. The van der Waals surface area contributed by atoms with Crippen LogP contribution in [0.15, 0.2) is 36.4 Å². The summed E-state index contributed by atoms with van der Waals surface area (Å²) in [5, 5.41) is 0. The van der Waals surface area contributed by atoms with Gasteiger partial charge in [-0.05, 0) is 18.6 Å². The van der Waals surface area contributed by atoms with Gasteiger partial charge in [0.05, 0.1) is 5.57 Å². The van der Waals surface area contributed by atoms with E-state index < -0.39 is 17.5 Å². The third kappa shape index (κ3) is 3.23. The van der Waals surface area contributed by atoms with E-state index in [2.05, 4.69) is 0 Å². The van der Waals surface area contributed by atoms with E-state index in [9.17, 15) is 18.0 Å². The monoisotopic (exact) mass is 214 g/mol. The average molecular weight is 214 g/mol. The van der Waals surface area contributed by atoms with Gasteiger partial charge in [0, 0.05) is 0 Å². The third-order valence-corrected chi connectivity index (χ3v) is 1.74. The predicted octanol–water partition coefficient (Wildman–Crippen LogP) is 3.22. The van der Waals surface area contributed by atoms with Gasteiger partial charge in [-0.2, -0.15) is 13.2 Å². The highest BCUT2D eigenvalue weighted by atomic mass is 19.4. The Bertz CT molecular complexity index is 377. The molecule has 15 heavy (non-hydrogen) atoms. The first-order valence-corrected chi connectivity index (χ1v) is 4.26. The van der Waals surface area contributed by atoms with Gasteiger partial charge in [-0.3, -0.25) is 4.79 Å². The van der Waals surface area contributed by atoms with E-state index in [4.69, 9.17) is 0 Å². The van der Waals surface area contributed by atoms with Crippen molar-refractivity contribution in [2.75, 3.05) is 0 Å². The number of hydrogen-bond donors (Lipinski definition) is 0. The molecule has 0 amide bonds. The molecule has 0 bridgehead atoms. The summed E-state index contributed by atoms with van der Waals surface area (Å²) in [6, 6.07) is 7.25. The van der Waals surface area contributed by atoms with Crippen molar-refractivity contribution in [3.63, 3.8) is 0 Å². The third-order valence-electron chi connectivity index (χ3n) is 1.74. The second-order valence-corrected chi connectivity index (χ2v) is 3.03. The summed E-state index contributed by atoms with van der Waals surface area (Å²) in [4.78, 5) is 10.7. The number of benzene rings is 1. The minimum atomic E-state index is -4.51. The van der Waals surface area contributed by atoms with Gasteiger partial charge in [-0.25, -0.2) is 0 Å². The number of allylic oxidation sites excluding steroid dienone is 2. The van der Waals surface area contributed by atoms with Crippen LogP contribution in [0.1, 0.15) is 12.5 Å². The van der Waals surface area contributed by atoms with Crippen molar-refractivity contribution in [3.05, 3.63) is 42.0 Å². The molecule has 0 N–H and O–H groups in total. The van der Waals surface area contributed by atoms with Crippen molar-refractivity contribution in [1.29, 1.82) is 0 Å². The Kier molecular flexibility index (Phi) is 3.29. The van der Waals surface area contributed by atoms with Crippen LogP contribution in [0.4, 0.5) is 13.2 Å². The van der Waals surface area contributed by atoms with E-state index in [-0.39, 0.29) is 5.56 Å². The van der Waals surface area contributed by atoms with E-state index in [1.807, 2.05) is 0 Å². The molecule has 0 atom stereocenters. The molecule has 0 aromatic heterocycles. The lowest BCUT2D eigenvalue weighted by molar-refractivity contribution is -0.113. The quantitative estimate of drug-likeness (QED) is 0.691. The minimum Gasteiger partial charge on any atom is -0.295 e. The number of rotatable bonds is 2. The van der Waals surface area contributed by atoms with Crippen LogP contribution in [0.2, 0.25) is 0 Å².